The molecule has 0 aliphatic rings. The molecule has 4 aromatic rings. The number of nitrogens with zero attached hydrogens (tertiary/aromatic N) is 4. The second-order valence-electron chi connectivity index (χ2n) is 5.11. The summed E-state index contributed by atoms with van der Waals surface area (Å²) >= 11 is 3.04. The van der Waals surface area contributed by atoms with Crippen LogP contribution in [0, 0.1) is 6.92 Å². The van der Waals surface area contributed by atoms with Crippen molar-refractivity contribution in [3.8, 4) is 22.1 Å². The van der Waals surface area contributed by atoms with Gasteiger partial charge in [-0.25, -0.2) is 4.98 Å². The Morgan fingerprint density at radius 3 is 2.83 bits per heavy atom. The molecule has 0 aliphatic carbocycles. The molecule has 3 aromatic heterocycles. The van der Waals surface area contributed by atoms with Gasteiger partial charge >= 0.3 is 0 Å². The molecule has 0 saturated carbocycles. The SMILES string of the molecule is Cc1ccc(-c2nc(SCc3nc(-c4cccs4)no3)n[nH]2)cc1. The lowest BCUT2D eigenvalue weighted by Gasteiger charge is -1.95. The predicted molar refractivity (Wildman–Crippen MR) is 93.7 cm³/mol. The zero-order valence-electron chi connectivity index (χ0n) is 12.8. The van der Waals surface area contributed by atoms with E-state index < -0.39 is 0 Å². The fourth-order valence-corrected chi connectivity index (χ4v) is 3.38. The lowest BCUT2D eigenvalue weighted by atomic mass is 10.1. The Balaban J connectivity index is 1.42. The smallest absolute Gasteiger partial charge is 0.237 e. The van der Waals surface area contributed by atoms with E-state index in [1.807, 2.05) is 29.6 Å². The van der Waals surface area contributed by atoms with Gasteiger partial charge in [-0.1, -0.05) is 52.8 Å². The second kappa shape index (κ2) is 6.58. The first-order valence-electron chi connectivity index (χ1n) is 7.26. The van der Waals surface area contributed by atoms with Crippen LogP contribution >= 0.6 is 23.1 Å². The molecule has 0 bridgehead atoms. The topological polar surface area (TPSA) is 80.5 Å². The molecular weight excluding hydrogens is 342 g/mol. The van der Waals surface area contributed by atoms with Crippen LogP contribution in [-0.4, -0.2) is 25.3 Å². The summed E-state index contributed by atoms with van der Waals surface area (Å²) in [5, 5.41) is 13.8. The van der Waals surface area contributed by atoms with Crippen molar-refractivity contribution < 1.29 is 4.52 Å². The van der Waals surface area contributed by atoms with Crippen LogP contribution in [0.1, 0.15) is 11.5 Å². The summed E-state index contributed by atoms with van der Waals surface area (Å²) in [5.74, 6) is 2.46. The largest absolute Gasteiger partial charge is 0.338 e. The number of thioether (sulfide) groups is 1. The van der Waals surface area contributed by atoms with Gasteiger partial charge in [0.1, 0.15) is 0 Å². The summed E-state index contributed by atoms with van der Waals surface area (Å²) in [7, 11) is 0. The van der Waals surface area contributed by atoms with Crippen molar-refractivity contribution >= 4 is 23.1 Å². The van der Waals surface area contributed by atoms with Crippen molar-refractivity contribution in [1.29, 1.82) is 0 Å². The molecule has 120 valence electrons. The Morgan fingerprint density at radius 2 is 2.04 bits per heavy atom. The molecule has 0 atom stereocenters. The minimum absolute atomic E-state index is 0.531. The van der Waals surface area contributed by atoms with Gasteiger partial charge in [0, 0.05) is 5.56 Å². The van der Waals surface area contributed by atoms with Gasteiger partial charge in [-0.15, -0.1) is 16.4 Å². The fraction of sp³-hybridized carbons (Fsp3) is 0.125. The van der Waals surface area contributed by atoms with Gasteiger partial charge in [-0.2, -0.15) is 4.98 Å². The molecule has 1 N–H and O–H groups in total. The average Bonchev–Trinajstić information content (AvgIpc) is 3.34. The van der Waals surface area contributed by atoms with Gasteiger partial charge in [0.05, 0.1) is 10.6 Å². The zero-order chi connectivity index (χ0) is 16.4. The lowest BCUT2D eigenvalue weighted by Crippen LogP contribution is -1.83. The van der Waals surface area contributed by atoms with Crippen LogP contribution in [0.3, 0.4) is 0 Å². The van der Waals surface area contributed by atoms with Crippen LogP contribution in [-0.2, 0) is 5.75 Å². The molecule has 0 radical (unpaired) electrons. The van der Waals surface area contributed by atoms with Crippen molar-refractivity contribution in [2.75, 3.05) is 0 Å². The number of benzene rings is 1. The van der Waals surface area contributed by atoms with Crippen LogP contribution in [0.15, 0.2) is 51.5 Å². The van der Waals surface area contributed by atoms with Gasteiger partial charge in [-0.3, -0.25) is 5.10 Å². The number of rotatable bonds is 5. The van der Waals surface area contributed by atoms with Crippen molar-refractivity contribution in [3.05, 3.63) is 53.2 Å². The molecule has 0 fully saturated rings. The number of H-pyrrole nitrogens is 1. The van der Waals surface area contributed by atoms with Gasteiger partial charge < -0.3 is 4.52 Å². The fourth-order valence-electron chi connectivity index (χ4n) is 2.10. The van der Waals surface area contributed by atoms with Crippen LogP contribution in [0.25, 0.3) is 22.1 Å². The van der Waals surface area contributed by atoms with Crippen molar-refractivity contribution in [3.63, 3.8) is 0 Å². The van der Waals surface area contributed by atoms with Crippen molar-refractivity contribution in [2.24, 2.45) is 0 Å². The highest BCUT2D eigenvalue weighted by atomic mass is 32.2. The third-order valence-electron chi connectivity index (χ3n) is 3.32. The number of thiophene rings is 1. The molecule has 0 unspecified atom stereocenters. The first-order valence-corrected chi connectivity index (χ1v) is 9.13. The highest BCUT2D eigenvalue weighted by Crippen LogP contribution is 2.25. The maximum absolute atomic E-state index is 5.27. The van der Waals surface area contributed by atoms with E-state index in [2.05, 4.69) is 44.4 Å². The summed E-state index contributed by atoms with van der Waals surface area (Å²) in [6.45, 7) is 2.06. The predicted octanol–water partition coefficient (Wildman–Crippen LogP) is 4.18. The van der Waals surface area contributed by atoms with Crippen LogP contribution in [0.5, 0.6) is 0 Å². The van der Waals surface area contributed by atoms with Crippen LogP contribution < -0.4 is 0 Å². The molecule has 1 aromatic carbocycles. The number of hydrogen-bond donors (Lipinski definition) is 1. The first-order chi connectivity index (χ1) is 11.8. The molecule has 3 heterocycles. The molecular formula is C16H13N5OS2. The monoisotopic (exact) mass is 355 g/mol. The molecule has 8 heteroatoms. The van der Waals surface area contributed by atoms with Crippen molar-refractivity contribution in [1.82, 2.24) is 25.3 Å². The average molecular weight is 355 g/mol. The number of aryl methyl sites for hydroxylation is 1. The first kappa shape index (κ1) is 15.1. The number of aromatic amines is 1. The molecule has 0 spiro atoms. The van der Waals surface area contributed by atoms with E-state index in [4.69, 9.17) is 4.52 Å². The molecule has 24 heavy (non-hydrogen) atoms. The van der Waals surface area contributed by atoms with E-state index in [0.29, 0.717) is 22.6 Å². The number of aromatic nitrogens is 5. The summed E-state index contributed by atoms with van der Waals surface area (Å²) in [6, 6.07) is 12.1. The van der Waals surface area contributed by atoms with E-state index in [-0.39, 0.29) is 0 Å². The quantitative estimate of drug-likeness (QED) is 0.541. The second-order valence-corrected chi connectivity index (χ2v) is 7.00. The van der Waals surface area contributed by atoms with Gasteiger partial charge in [0.15, 0.2) is 5.82 Å². The molecule has 0 amide bonds. The summed E-state index contributed by atoms with van der Waals surface area (Å²) in [6.07, 6.45) is 0. The molecule has 4 rings (SSSR count). The van der Waals surface area contributed by atoms with Gasteiger partial charge in [0.25, 0.3) is 0 Å². The van der Waals surface area contributed by atoms with Crippen molar-refractivity contribution in [2.45, 2.75) is 17.8 Å². The summed E-state index contributed by atoms with van der Waals surface area (Å²) in [4.78, 5) is 9.87. The highest BCUT2D eigenvalue weighted by Gasteiger charge is 2.12. The maximum atomic E-state index is 5.27. The minimum atomic E-state index is 0.531. The normalized spacial score (nSPS) is 11.0. The molecule has 0 aliphatic heterocycles. The van der Waals surface area contributed by atoms with Crippen LogP contribution in [0.4, 0.5) is 0 Å². The number of hydrogen-bond acceptors (Lipinski definition) is 7. The third kappa shape index (κ3) is 3.24. The highest BCUT2D eigenvalue weighted by molar-refractivity contribution is 7.98. The van der Waals surface area contributed by atoms with Gasteiger partial charge in [0.2, 0.25) is 16.9 Å². The minimum Gasteiger partial charge on any atom is -0.338 e. The van der Waals surface area contributed by atoms with Crippen LogP contribution in [0.2, 0.25) is 0 Å². The van der Waals surface area contributed by atoms with E-state index in [9.17, 15) is 0 Å². The van der Waals surface area contributed by atoms with E-state index >= 15 is 0 Å². The Labute approximate surface area is 146 Å². The molecule has 0 saturated heterocycles. The summed E-state index contributed by atoms with van der Waals surface area (Å²) in [5.41, 5.74) is 2.23. The van der Waals surface area contributed by atoms with E-state index in [0.717, 1.165) is 16.3 Å². The maximum Gasteiger partial charge on any atom is 0.237 e. The Morgan fingerprint density at radius 1 is 1.17 bits per heavy atom. The van der Waals surface area contributed by atoms with Gasteiger partial charge in [-0.05, 0) is 18.4 Å². The standard InChI is InChI=1S/C16H13N5OS2/c1-10-4-6-11(7-5-10)14-18-16(20-19-14)24-9-13-17-15(21-22-13)12-3-2-8-23-12/h2-8H,9H2,1H3,(H,18,19,20). The Hall–Kier alpha value is -2.45. The van der Waals surface area contributed by atoms with E-state index in [1.165, 1.54) is 17.3 Å². The zero-order valence-corrected chi connectivity index (χ0v) is 14.4. The Bertz CT molecular complexity index is 928. The Kier molecular flexibility index (Phi) is 4.14. The van der Waals surface area contributed by atoms with E-state index in [1.54, 1.807) is 11.3 Å². The molecule has 6 nitrogen and oxygen atoms in total. The lowest BCUT2D eigenvalue weighted by molar-refractivity contribution is 0.391. The third-order valence-corrected chi connectivity index (χ3v) is 5.02. The number of nitrogens with one attached hydrogen (secondary N) is 1. The summed E-state index contributed by atoms with van der Waals surface area (Å²) < 4.78 is 5.27.